The van der Waals surface area contributed by atoms with Crippen LogP contribution in [0.4, 0.5) is 5.69 Å². The van der Waals surface area contributed by atoms with Crippen LogP contribution in [-0.4, -0.2) is 23.4 Å². The predicted octanol–water partition coefficient (Wildman–Crippen LogP) is 2.71. The second-order valence-corrected chi connectivity index (χ2v) is 4.69. The van der Waals surface area contributed by atoms with Crippen molar-refractivity contribution in [3.63, 3.8) is 0 Å². The largest absolute Gasteiger partial charge is 0.399 e. The van der Waals surface area contributed by atoms with Crippen LogP contribution in [0.15, 0.2) is 30.9 Å². The van der Waals surface area contributed by atoms with E-state index < -0.39 is 0 Å². The van der Waals surface area contributed by atoms with Gasteiger partial charge in [-0.2, -0.15) is 0 Å². The molecule has 0 atom stereocenters. The summed E-state index contributed by atoms with van der Waals surface area (Å²) >= 11 is 5.90. The molecule has 1 aromatic rings. The van der Waals surface area contributed by atoms with Crippen LogP contribution in [0.3, 0.4) is 0 Å². The minimum absolute atomic E-state index is 0.0263. The van der Waals surface area contributed by atoms with E-state index in [4.69, 9.17) is 17.3 Å². The minimum Gasteiger partial charge on any atom is -0.399 e. The van der Waals surface area contributed by atoms with Crippen molar-refractivity contribution in [1.82, 2.24) is 4.90 Å². The fraction of sp³-hybridized carbons (Fsp3) is 0.308. The molecular formula is C13H15ClN2O. The van der Waals surface area contributed by atoms with Gasteiger partial charge in [0.2, 0.25) is 0 Å². The molecule has 4 heteroatoms. The number of rotatable bonds is 4. The van der Waals surface area contributed by atoms with Crippen LogP contribution in [0.2, 0.25) is 5.02 Å². The summed E-state index contributed by atoms with van der Waals surface area (Å²) in [6, 6.07) is 5.29. The van der Waals surface area contributed by atoms with E-state index in [9.17, 15) is 4.79 Å². The number of nitrogens with two attached hydrogens (primary N) is 1. The maximum absolute atomic E-state index is 12.3. The highest BCUT2D eigenvalue weighted by molar-refractivity contribution is 6.31. The number of halogens is 1. The summed E-state index contributed by atoms with van der Waals surface area (Å²) in [4.78, 5) is 14.1. The third-order valence-corrected chi connectivity index (χ3v) is 2.96. The van der Waals surface area contributed by atoms with Crippen molar-refractivity contribution in [3.05, 3.63) is 41.4 Å². The van der Waals surface area contributed by atoms with Gasteiger partial charge in [0.25, 0.3) is 5.91 Å². The van der Waals surface area contributed by atoms with Gasteiger partial charge in [0.1, 0.15) is 0 Å². The highest BCUT2D eigenvalue weighted by Gasteiger charge is 2.32. The lowest BCUT2D eigenvalue weighted by atomic mass is 10.1. The maximum Gasteiger partial charge on any atom is 0.254 e. The highest BCUT2D eigenvalue weighted by Crippen LogP contribution is 2.29. The van der Waals surface area contributed by atoms with Gasteiger partial charge in [0.05, 0.1) is 0 Å². The van der Waals surface area contributed by atoms with Crippen molar-refractivity contribution < 1.29 is 4.79 Å². The van der Waals surface area contributed by atoms with Gasteiger partial charge in [-0.25, -0.2) is 0 Å². The average molecular weight is 251 g/mol. The van der Waals surface area contributed by atoms with E-state index in [-0.39, 0.29) is 5.91 Å². The summed E-state index contributed by atoms with van der Waals surface area (Å²) < 4.78 is 0. The fourth-order valence-electron chi connectivity index (χ4n) is 1.82. The summed E-state index contributed by atoms with van der Waals surface area (Å²) in [5.74, 6) is -0.0263. The molecule has 0 heterocycles. The molecular weight excluding hydrogens is 236 g/mol. The van der Waals surface area contributed by atoms with Crippen molar-refractivity contribution in [2.24, 2.45) is 0 Å². The zero-order valence-electron chi connectivity index (χ0n) is 9.53. The molecule has 1 saturated carbocycles. The quantitative estimate of drug-likeness (QED) is 0.660. The fourth-order valence-corrected chi connectivity index (χ4v) is 2.07. The van der Waals surface area contributed by atoms with Crippen LogP contribution < -0.4 is 5.73 Å². The van der Waals surface area contributed by atoms with Crippen molar-refractivity contribution in [1.29, 1.82) is 0 Å². The minimum atomic E-state index is -0.0263. The van der Waals surface area contributed by atoms with E-state index in [1.807, 2.05) is 4.90 Å². The van der Waals surface area contributed by atoms with Crippen LogP contribution in [0, 0.1) is 0 Å². The number of hydrogen-bond donors (Lipinski definition) is 1. The van der Waals surface area contributed by atoms with Crippen LogP contribution in [0.1, 0.15) is 23.2 Å². The Bertz CT molecular complexity index is 434. The molecule has 1 aromatic carbocycles. The molecule has 2 rings (SSSR count). The summed E-state index contributed by atoms with van der Waals surface area (Å²) in [6.45, 7) is 4.24. The molecule has 3 nitrogen and oxygen atoms in total. The lowest BCUT2D eigenvalue weighted by Crippen LogP contribution is -2.33. The van der Waals surface area contributed by atoms with E-state index in [1.54, 1.807) is 24.3 Å². The maximum atomic E-state index is 12.3. The number of nitrogens with zero attached hydrogens (tertiary/aromatic N) is 1. The highest BCUT2D eigenvalue weighted by atomic mass is 35.5. The van der Waals surface area contributed by atoms with Crippen LogP contribution in [0.25, 0.3) is 0 Å². The van der Waals surface area contributed by atoms with Gasteiger partial charge >= 0.3 is 0 Å². The predicted molar refractivity (Wildman–Crippen MR) is 70.1 cm³/mol. The number of benzene rings is 1. The van der Waals surface area contributed by atoms with Crippen molar-refractivity contribution in [3.8, 4) is 0 Å². The van der Waals surface area contributed by atoms with Crippen LogP contribution in [-0.2, 0) is 0 Å². The Hall–Kier alpha value is -1.48. The Labute approximate surface area is 106 Å². The van der Waals surface area contributed by atoms with Gasteiger partial charge in [-0.05, 0) is 31.0 Å². The molecule has 0 aromatic heterocycles. The molecule has 1 amide bonds. The molecule has 2 N–H and O–H groups in total. The molecule has 0 saturated heterocycles. The number of carbonyl (C=O) groups excluding carboxylic acids is 1. The number of carbonyl (C=O) groups is 1. The van der Waals surface area contributed by atoms with Crippen LogP contribution >= 0.6 is 11.6 Å². The Morgan fingerprint density at radius 2 is 2.24 bits per heavy atom. The summed E-state index contributed by atoms with van der Waals surface area (Å²) in [5, 5.41) is 0.489. The zero-order valence-corrected chi connectivity index (χ0v) is 10.3. The second-order valence-electron chi connectivity index (χ2n) is 4.25. The van der Waals surface area contributed by atoms with Crippen molar-refractivity contribution in [2.75, 3.05) is 12.3 Å². The Morgan fingerprint density at radius 1 is 1.53 bits per heavy atom. The monoisotopic (exact) mass is 250 g/mol. The number of nitrogen functional groups attached to an aromatic ring is 1. The average Bonchev–Trinajstić information content (AvgIpc) is 3.07. The normalized spacial score (nSPS) is 14.4. The third-order valence-electron chi connectivity index (χ3n) is 2.74. The molecule has 0 spiro atoms. The molecule has 1 aliphatic carbocycles. The zero-order chi connectivity index (χ0) is 12.4. The van der Waals surface area contributed by atoms with Gasteiger partial charge < -0.3 is 10.6 Å². The summed E-state index contributed by atoms with van der Waals surface area (Å²) in [5.41, 5.74) is 6.74. The Balaban J connectivity index is 2.24. The number of amides is 1. The first-order valence-corrected chi connectivity index (χ1v) is 5.97. The van der Waals surface area contributed by atoms with E-state index in [2.05, 4.69) is 6.58 Å². The van der Waals surface area contributed by atoms with E-state index >= 15 is 0 Å². The molecule has 1 fully saturated rings. The Kier molecular flexibility index (Phi) is 3.38. The smallest absolute Gasteiger partial charge is 0.254 e. The van der Waals surface area contributed by atoms with Gasteiger partial charge in [-0.3, -0.25) is 4.79 Å². The molecule has 0 bridgehead atoms. The SMILES string of the molecule is C=CCN(C(=O)c1cc(N)cc(Cl)c1)C1CC1. The van der Waals surface area contributed by atoms with Gasteiger partial charge in [0.15, 0.2) is 0 Å². The second kappa shape index (κ2) is 4.80. The molecule has 0 unspecified atom stereocenters. The molecule has 17 heavy (non-hydrogen) atoms. The van der Waals surface area contributed by atoms with E-state index in [0.29, 0.717) is 28.9 Å². The summed E-state index contributed by atoms with van der Waals surface area (Å²) in [6.07, 6.45) is 3.87. The van der Waals surface area contributed by atoms with E-state index in [1.165, 1.54) is 0 Å². The lowest BCUT2D eigenvalue weighted by Gasteiger charge is -2.20. The van der Waals surface area contributed by atoms with Crippen molar-refractivity contribution >= 4 is 23.2 Å². The first kappa shape index (κ1) is 12.0. The molecule has 1 aliphatic rings. The number of hydrogen-bond acceptors (Lipinski definition) is 2. The third kappa shape index (κ3) is 2.80. The van der Waals surface area contributed by atoms with Gasteiger partial charge in [-0.15, -0.1) is 6.58 Å². The van der Waals surface area contributed by atoms with E-state index in [0.717, 1.165) is 12.8 Å². The molecule has 0 aliphatic heterocycles. The first-order valence-electron chi connectivity index (χ1n) is 5.59. The standard InChI is InChI=1S/C13H15ClN2O/c1-2-5-16(12-3-4-12)13(17)9-6-10(14)8-11(15)7-9/h2,6-8,12H,1,3-5,15H2. The molecule has 90 valence electrons. The Morgan fingerprint density at radius 3 is 2.76 bits per heavy atom. The van der Waals surface area contributed by atoms with Crippen molar-refractivity contribution in [2.45, 2.75) is 18.9 Å². The number of anilines is 1. The topological polar surface area (TPSA) is 46.3 Å². The lowest BCUT2D eigenvalue weighted by molar-refractivity contribution is 0.0762. The van der Waals surface area contributed by atoms with Gasteiger partial charge in [-0.1, -0.05) is 17.7 Å². The summed E-state index contributed by atoms with van der Waals surface area (Å²) in [7, 11) is 0. The first-order chi connectivity index (χ1) is 8.11. The van der Waals surface area contributed by atoms with Gasteiger partial charge in [0, 0.05) is 28.9 Å². The molecule has 0 radical (unpaired) electrons. The van der Waals surface area contributed by atoms with Crippen LogP contribution in [0.5, 0.6) is 0 Å².